The molecule has 1 heterocycles. The van der Waals surface area contributed by atoms with Crippen molar-refractivity contribution in [2.75, 3.05) is 0 Å². The van der Waals surface area contributed by atoms with Crippen molar-refractivity contribution < 1.29 is 9.50 Å². The second-order valence-electron chi connectivity index (χ2n) is 3.15. The number of aromatic nitrogens is 1. The summed E-state index contributed by atoms with van der Waals surface area (Å²) < 4.78 is 12.9. The molecule has 0 bridgehead atoms. The monoisotopic (exact) mass is 257 g/mol. The van der Waals surface area contributed by atoms with E-state index in [0.717, 1.165) is 12.3 Å². The van der Waals surface area contributed by atoms with Gasteiger partial charge in [0.1, 0.15) is 5.75 Å². The van der Waals surface area contributed by atoms with Crippen LogP contribution in [0.2, 0.25) is 10.0 Å². The summed E-state index contributed by atoms with van der Waals surface area (Å²) in [6.45, 7) is 0. The maximum atomic E-state index is 12.9. The van der Waals surface area contributed by atoms with E-state index in [4.69, 9.17) is 23.2 Å². The lowest BCUT2D eigenvalue weighted by Gasteiger charge is -2.05. The highest BCUT2D eigenvalue weighted by Gasteiger charge is 2.08. The third kappa shape index (κ3) is 2.10. The van der Waals surface area contributed by atoms with Gasteiger partial charge in [-0.15, -0.1) is 0 Å². The van der Waals surface area contributed by atoms with Crippen LogP contribution in [0.15, 0.2) is 30.5 Å². The van der Waals surface area contributed by atoms with Gasteiger partial charge in [0.15, 0.2) is 0 Å². The summed E-state index contributed by atoms with van der Waals surface area (Å²) in [4.78, 5) is 3.33. The molecule has 16 heavy (non-hydrogen) atoms. The van der Waals surface area contributed by atoms with Crippen molar-refractivity contribution in [3.63, 3.8) is 0 Å². The van der Waals surface area contributed by atoms with E-state index in [2.05, 4.69) is 4.98 Å². The van der Waals surface area contributed by atoms with Crippen molar-refractivity contribution in [2.45, 2.75) is 0 Å². The van der Waals surface area contributed by atoms with Gasteiger partial charge in [0, 0.05) is 11.6 Å². The number of hydrogen-bond acceptors (Lipinski definition) is 2. The third-order valence-electron chi connectivity index (χ3n) is 2.08. The second kappa shape index (κ2) is 4.28. The molecule has 5 heteroatoms. The van der Waals surface area contributed by atoms with E-state index in [1.165, 1.54) is 0 Å². The Morgan fingerprint density at radius 1 is 1.12 bits per heavy atom. The SMILES string of the molecule is Oc1cnc(F)cc1-c1ccc(Cl)c(Cl)c1. The van der Waals surface area contributed by atoms with Gasteiger partial charge in [-0.05, 0) is 17.7 Å². The molecular weight excluding hydrogens is 252 g/mol. The molecule has 0 aliphatic rings. The molecule has 0 radical (unpaired) electrons. The zero-order valence-corrected chi connectivity index (χ0v) is 9.43. The summed E-state index contributed by atoms with van der Waals surface area (Å²) in [5.74, 6) is -0.779. The van der Waals surface area contributed by atoms with Gasteiger partial charge >= 0.3 is 0 Å². The molecule has 1 aromatic heterocycles. The Morgan fingerprint density at radius 2 is 1.88 bits per heavy atom. The van der Waals surface area contributed by atoms with Gasteiger partial charge in [0.05, 0.1) is 16.2 Å². The van der Waals surface area contributed by atoms with Crippen molar-refractivity contribution in [3.05, 3.63) is 46.5 Å². The van der Waals surface area contributed by atoms with Crippen LogP contribution in [-0.4, -0.2) is 10.1 Å². The van der Waals surface area contributed by atoms with E-state index in [1.54, 1.807) is 18.2 Å². The first-order valence-corrected chi connectivity index (χ1v) is 5.13. The Labute approximate surface area is 101 Å². The fraction of sp³-hybridized carbons (Fsp3) is 0. The zero-order valence-electron chi connectivity index (χ0n) is 7.92. The second-order valence-corrected chi connectivity index (χ2v) is 3.97. The molecule has 1 aromatic carbocycles. The van der Waals surface area contributed by atoms with Crippen LogP contribution >= 0.6 is 23.2 Å². The highest BCUT2D eigenvalue weighted by Crippen LogP contribution is 2.33. The van der Waals surface area contributed by atoms with Gasteiger partial charge in [-0.2, -0.15) is 4.39 Å². The molecule has 2 rings (SSSR count). The van der Waals surface area contributed by atoms with Crippen molar-refractivity contribution in [1.82, 2.24) is 4.98 Å². The van der Waals surface area contributed by atoms with Crippen molar-refractivity contribution in [3.8, 4) is 16.9 Å². The van der Waals surface area contributed by atoms with Gasteiger partial charge in [-0.1, -0.05) is 29.3 Å². The van der Waals surface area contributed by atoms with Crippen molar-refractivity contribution in [1.29, 1.82) is 0 Å². The largest absolute Gasteiger partial charge is 0.506 e. The molecular formula is C11H6Cl2FNO. The number of rotatable bonds is 1. The number of hydrogen-bond donors (Lipinski definition) is 1. The number of halogens is 3. The predicted octanol–water partition coefficient (Wildman–Crippen LogP) is 3.90. The van der Waals surface area contributed by atoms with Gasteiger partial charge in [0.2, 0.25) is 5.95 Å². The van der Waals surface area contributed by atoms with E-state index < -0.39 is 5.95 Å². The van der Waals surface area contributed by atoms with Crippen LogP contribution < -0.4 is 0 Å². The van der Waals surface area contributed by atoms with E-state index in [9.17, 15) is 9.50 Å². The molecule has 1 N–H and O–H groups in total. The van der Waals surface area contributed by atoms with E-state index >= 15 is 0 Å². The first-order valence-electron chi connectivity index (χ1n) is 4.38. The van der Waals surface area contributed by atoms with Crippen LogP contribution in [-0.2, 0) is 0 Å². The lowest BCUT2D eigenvalue weighted by atomic mass is 10.1. The molecule has 0 unspecified atom stereocenters. The smallest absolute Gasteiger partial charge is 0.213 e. The van der Waals surface area contributed by atoms with E-state index in [0.29, 0.717) is 21.2 Å². The van der Waals surface area contributed by atoms with Crippen LogP contribution in [0.3, 0.4) is 0 Å². The summed E-state index contributed by atoms with van der Waals surface area (Å²) >= 11 is 11.6. The van der Waals surface area contributed by atoms with Gasteiger partial charge in [-0.25, -0.2) is 4.98 Å². The summed E-state index contributed by atoms with van der Waals surface area (Å²) in [7, 11) is 0. The molecule has 0 spiro atoms. The Morgan fingerprint density at radius 3 is 2.56 bits per heavy atom. The predicted molar refractivity (Wildman–Crippen MR) is 61.3 cm³/mol. The van der Waals surface area contributed by atoms with Gasteiger partial charge in [-0.3, -0.25) is 0 Å². The van der Waals surface area contributed by atoms with Crippen LogP contribution in [0.5, 0.6) is 5.75 Å². The molecule has 2 aromatic rings. The first kappa shape index (κ1) is 11.2. The number of benzene rings is 1. The molecule has 2 nitrogen and oxygen atoms in total. The first-order chi connectivity index (χ1) is 7.58. The minimum Gasteiger partial charge on any atom is -0.506 e. The highest BCUT2D eigenvalue weighted by molar-refractivity contribution is 6.42. The average molecular weight is 258 g/mol. The molecule has 0 fully saturated rings. The molecule has 0 aliphatic heterocycles. The minimum absolute atomic E-state index is 0.111. The lowest BCUT2D eigenvalue weighted by molar-refractivity contribution is 0.469. The molecule has 0 saturated heterocycles. The van der Waals surface area contributed by atoms with E-state index in [-0.39, 0.29) is 5.75 Å². The molecule has 0 aliphatic carbocycles. The van der Waals surface area contributed by atoms with Gasteiger partial charge < -0.3 is 5.11 Å². The third-order valence-corrected chi connectivity index (χ3v) is 2.82. The van der Waals surface area contributed by atoms with Gasteiger partial charge in [0.25, 0.3) is 0 Å². The minimum atomic E-state index is -0.668. The number of pyridine rings is 1. The maximum absolute atomic E-state index is 12.9. The van der Waals surface area contributed by atoms with Crippen molar-refractivity contribution >= 4 is 23.2 Å². The maximum Gasteiger partial charge on any atom is 0.213 e. The number of aromatic hydroxyl groups is 1. The standard InChI is InChI=1S/C11H6Cl2FNO/c12-8-2-1-6(3-9(8)13)7-4-11(14)15-5-10(7)16/h1-5,16H. The summed E-state index contributed by atoms with van der Waals surface area (Å²) in [5, 5.41) is 10.3. The molecule has 0 atom stereocenters. The van der Waals surface area contributed by atoms with Crippen LogP contribution in [0.25, 0.3) is 11.1 Å². The summed E-state index contributed by atoms with van der Waals surface area (Å²) in [6.07, 6.45) is 1.05. The molecule has 0 amide bonds. The molecule has 0 saturated carbocycles. The lowest BCUT2D eigenvalue weighted by Crippen LogP contribution is -1.86. The summed E-state index contributed by atoms with van der Waals surface area (Å²) in [6, 6.07) is 5.91. The summed E-state index contributed by atoms with van der Waals surface area (Å²) in [5.41, 5.74) is 0.902. The topological polar surface area (TPSA) is 33.1 Å². The highest BCUT2D eigenvalue weighted by atomic mass is 35.5. The van der Waals surface area contributed by atoms with Crippen LogP contribution in [0.4, 0.5) is 4.39 Å². The Kier molecular flexibility index (Phi) is 2.99. The number of nitrogens with zero attached hydrogens (tertiary/aromatic N) is 1. The van der Waals surface area contributed by atoms with Crippen LogP contribution in [0, 0.1) is 5.95 Å². The Bertz CT molecular complexity index is 546. The fourth-order valence-electron chi connectivity index (χ4n) is 1.32. The fourth-order valence-corrected chi connectivity index (χ4v) is 1.62. The Hall–Kier alpha value is -1.32. The van der Waals surface area contributed by atoms with Crippen LogP contribution in [0.1, 0.15) is 0 Å². The average Bonchev–Trinajstić information content (AvgIpc) is 2.26. The van der Waals surface area contributed by atoms with Crippen molar-refractivity contribution in [2.24, 2.45) is 0 Å². The zero-order chi connectivity index (χ0) is 11.7. The quantitative estimate of drug-likeness (QED) is 0.787. The Balaban J connectivity index is 2.58. The molecule has 82 valence electrons. The van der Waals surface area contributed by atoms with E-state index in [1.807, 2.05) is 0 Å². The normalized spacial score (nSPS) is 10.4.